The number of nitrogens with zero attached hydrogens (tertiary/aromatic N) is 1. The van der Waals surface area contributed by atoms with Gasteiger partial charge < -0.3 is 5.11 Å². The zero-order valence-electron chi connectivity index (χ0n) is 17.0. The smallest absolute Gasteiger partial charge is 0.356 e. The molecule has 2 aromatic carbocycles. The molecule has 3 aromatic rings. The van der Waals surface area contributed by atoms with Crippen LogP contribution in [0.25, 0.3) is 11.0 Å². The summed E-state index contributed by atoms with van der Waals surface area (Å²) >= 11 is 12.1. The number of phenols is 1. The van der Waals surface area contributed by atoms with Gasteiger partial charge in [0.15, 0.2) is 0 Å². The Kier molecular flexibility index (Phi) is 8.08. The number of aromatic nitrogens is 2. The summed E-state index contributed by atoms with van der Waals surface area (Å²) in [5.41, 5.74) is 2.93. The number of nitrogens with one attached hydrogen (secondary N) is 2. The highest BCUT2D eigenvalue weighted by Gasteiger charge is 2.18. The SMILES string of the molecule is CCCCCCCCC[n+]1c(NCc2cc(Cl)cc(Cl)c2O)[nH]c2ccccc21. The molecule has 0 fully saturated rings. The first-order valence-corrected chi connectivity index (χ1v) is 11.3. The first kappa shape index (κ1) is 21.8. The van der Waals surface area contributed by atoms with Crippen molar-refractivity contribution in [3.63, 3.8) is 0 Å². The van der Waals surface area contributed by atoms with Crippen LogP contribution in [0, 0.1) is 0 Å². The van der Waals surface area contributed by atoms with Crippen molar-refractivity contribution in [1.82, 2.24) is 4.98 Å². The van der Waals surface area contributed by atoms with Crippen molar-refractivity contribution in [2.45, 2.75) is 65.0 Å². The van der Waals surface area contributed by atoms with Crippen LogP contribution < -0.4 is 9.88 Å². The lowest BCUT2D eigenvalue weighted by Gasteiger charge is -2.08. The van der Waals surface area contributed by atoms with Crippen molar-refractivity contribution in [1.29, 1.82) is 0 Å². The van der Waals surface area contributed by atoms with E-state index in [1.54, 1.807) is 12.1 Å². The van der Waals surface area contributed by atoms with Gasteiger partial charge in [0.1, 0.15) is 16.8 Å². The third-order valence-electron chi connectivity index (χ3n) is 5.26. The molecule has 0 saturated heterocycles. The summed E-state index contributed by atoms with van der Waals surface area (Å²) < 4.78 is 2.28. The van der Waals surface area contributed by atoms with E-state index < -0.39 is 0 Å². The van der Waals surface area contributed by atoms with Gasteiger partial charge in [-0.1, -0.05) is 80.8 Å². The van der Waals surface area contributed by atoms with Gasteiger partial charge in [-0.2, -0.15) is 0 Å². The molecule has 156 valence electrons. The largest absolute Gasteiger partial charge is 0.506 e. The molecule has 0 spiro atoms. The summed E-state index contributed by atoms with van der Waals surface area (Å²) in [4.78, 5) is 3.46. The lowest BCUT2D eigenvalue weighted by molar-refractivity contribution is -0.657. The lowest BCUT2D eigenvalue weighted by atomic mass is 10.1. The fourth-order valence-corrected chi connectivity index (χ4v) is 4.20. The molecule has 4 nitrogen and oxygen atoms in total. The molecule has 3 rings (SSSR count). The maximum atomic E-state index is 10.2. The van der Waals surface area contributed by atoms with Crippen LogP contribution in [-0.2, 0) is 13.1 Å². The van der Waals surface area contributed by atoms with Crippen molar-refractivity contribution in [2.75, 3.05) is 5.32 Å². The highest BCUT2D eigenvalue weighted by Crippen LogP contribution is 2.31. The summed E-state index contributed by atoms with van der Waals surface area (Å²) in [5, 5.41) is 14.4. The van der Waals surface area contributed by atoms with Crippen LogP contribution in [0.3, 0.4) is 0 Å². The summed E-state index contributed by atoms with van der Waals surface area (Å²) in [5.74, 6) is 0.992. The number of hydrogen-bond donors (Lipinski definition) is 3. The van der Waals surface area contributed by atoms with Gasteiger partial charge in [-0.05, 0) is 30.7 Å². The lowest BCUT2D eigenvalue weighted by Crippen LogP contribution is -2.36. The van der Waals surface area contributed by atoms with E-state index in [9.17, 15) is 5.11 Å². The fraction of sp³-hybridized carbons (Fsp3) is 0.435. The fourth-order valence-electron chi connectivity index (χ4n) is 3.66. The predicted octanol–water partition coefficient (Wildman–Crippen LogP) is 6.83. The first-order valence-electron chi connectivity index (χ1n) is 10.5. The zero-order valence-corrected chi connectivity index (χ0v) is 18.5. The Morgan fingerprint density at radius 3 is 2.52 bits per heavy atom. The highest BCUT2D eigenvalue weighted by molar-refractivity contribution is 6.35. The van der Waals surface area contributed by atoms with E-state index in [2.05, 4.69) is 40.0 Å². The summed E-state index contributed by atoms with van der Waals surface area (Å²) in [6.07, 6.45) is 8.96. The van der Waals surface area contributed by atoms with Crippen LogP contribution in [-0.4, -0.2) is 10.1 Å². The molecule has 0 aliphatic rings. The molecule has 0 aliphatic carbocycles. The molecule has 6 heteroatoms. The number of hydrogen-bond acceptors (Lipinski definition) is 2. The number of rotatable bonds is 11. The minimum atomic E-state index is 0.0679. The Hall–Kier alpha value is -1.91. The summed E-state index contributed by atoms with van der Waals surface area (Å²) in [6, 6.07) is 11.6. The van der Waals surface area contributed by atoms with E-state index in [0.29, 0.717) is 17.1 Å². The zero-order chi connectivity index (χ0) is 20.6. The average Bonchev–Trinajstić information content (AvgIpc) is 3.06. The van der Waals surface area contributed by atoms with Gasteiger partial charge in [0.05, 0.1) is 18.1 Å². The maximum absolute atomic E-state index is 10.2. The van der Waals surface area contributed by atoms with E-state index in [1.807, 2.05) is 6.07 Å². The molecular weight excluding hydrogens is 405 g/mol. The molecule has 1 heterocycles. The van der Waals surface area contributed by atoms with Crippen LogP contribution in [0.15, 0.2) is 36.4 Å². The van der Waals surface area contributed by atoms with Gasteiger partial charge in [-0.25, -0.2) is 9.55 Å². The van der Waals surface area contributed by atoms with Gasteiger partial charge >= 0.3 is 5.95 Å². The molecule has 0 atom stereocenters. The third-order valence-corrected chi connectivity index (χ3v) is 5.76. The van der Waals surface area contributed by atoms with Crippen LogP contribution in [0.5, 0.6) is 5.75 Å². The quantitative estimate of drug-likeness (QED) is 0.228. The van der Waals surface area contributed by atoms with Gasteiger partial charge in [0.2, 0.25) is 0 Å². The average molecular weight is 435 g/mol. The monoisotopic (exact) mass is 434 g/mol. The van der Waals surface area contributed by atoms with Crippen molar-refractivity contribution < 1.29 is 9.67 Å². The molecule has 3 N–H and O–H groups in total. The molecule has 0 aliphatic heterocycles. The topological polar surface area (TPSA) is 51.9 Å². The van der Waals surface area contributed by atoms with Crippen molar-refractivity contribution in [3.05, 3.63) is 52.0 Å². The number of aromatic hydroxyl groups is 1. The van der Waals surface area contributed by atoms with Crippen LogP contribution in [0.2, 0.25) is 10.0 Å². The second-order valence-electron chi connectivity index (χ2n) is 7.51. The standard InChI is InChI=1S/C23H29Cl2N3O/c1-2-3-4-5-6-7-10-13-28-21-12-9-8-11-20(21)27-23(28)26-16-17-14-18(24)15-19(25)22(17)29/h8-9,11-12,14-15H,2-7,10,13,16H2,1H3,(H2,26,27,29)/p+1. The highest BCUT2D eigenvalue weighted by atomic mass is 35.5. The molecule has 0 unspecified atom stereocenters. The Morgan fingerprint density at radius 1 is 1.00 bits per heavy atom. The Labute approximate surface area is 182 Å². The van der Waals surface area contributed by atoms with Gasteiger partial charge in [0.25, 0.3) is 0 Å². The second kappa shape index (κ2) is 10.7. The Bertz CT molecular complexity index is 939. The van der Waals surface area contributed by atoms with Gasteiger partial charge in [-0.15, -0.1) is 0 Å². The number of fused-ring (bicyclic) bond motifs is 1. The van der Waals surface area contributed by atoms with Crippen molar-refractivity contribution >= 4 is 40.2 Å². The molecule has 0 saturated carbocycles. The number of aryl methyl sites for hydroxylation is 1. The van der Waals surface area contributed by atoms with Crippen molar-refractivity contribution in [3.8, 4) is 5.75 Å². The van der Waals surface area contributed by atoms with Crippen LogP contribution in [0.4, 0.5) is 5.95 Å². The molecule has 0 amide bonds. The number of anilines is 1. The molecule has 0 bridgehead atoms. The first-order chi connectivity index (χ1) is 14.1. The number of imidazole rings is 1. The number of unbranched alkanes of at least 4 members (excludes halogenated alkanes) is 6. The normalized spacial score (nSPS) is 11.3. The van der Waals surface area contributed by atoms with E-state index in [0.717, 1.165) is 24.4 Å². The number of aromatic amines is 1. The van der Waals surface area contributed by atoms with Crippen LogP contribution >= 0.6 is 23.2 Å². The summed E-state index contributed by atoms with van der Waals surface area (Å²) in [6.45, 7) is 3.62. The summed E-state index contributed by atoms with van der Waals surface area (Å²) in [7, 11) is 0. The van der Waals surface area contributed by atoms with E-state index in [1.165, 1.54) is 44.0 Å². The number of phenolic OH excluding ortho intramolecular Hbond substituents is 1. The van der Waals surface area contributed by atoms with Crippen molar-refractivity contribution in [2.24, 2.45) is 0 Å². The van der Waals surface area contributed by atoms with Crippen LogP contribution in [0.1, 0.15) is 57.4 Å². The van der Waals surface area contributed by atoms with Gasteiger partial charge in [0, 0.05) is 10.6 Å². The number of para-hydroxylation sites is 2. The predicted molar refractivity (Wildman–Crippen MR) is 122 cm³/mol. The van der Waals surface area contributed by atoms with Gasteiger partial charge in [-0.3, -0.25) is 5.32 Å². The van der Waals surface area contributed by atoms with E-state index >= 15 is 0 Å². The Morgan fingerprint density at radius 2 is 1.72 bits per heavy atom. The maximum Gasteiger partial charge on any atom is 0.356 e. The van der Waals surface area contributed by atoms with E-state index in [4.69, 9.17) is 23.2 Å². The molecule has 1 aromatic heterocycles. The minimum Gasteiger partial charge on any atom is -0.506 e. The molecular formula is C23H30Cl2N3O+. The second-order valence-corrected chi connectivity index (χ2v) is 8.36. The number of H-pyrrole nitrogens is 1. The Balaban J connectivity index is 1.68. The van der Waals surface area contributed by atoms with E-state index in [-0.39, 0.29) is 10.8 Å². The number of halogens is 2. The minimum absolute atomic E-state index is 0.0679. The molecule has 29 heavy (non-hydrogen) atoms. The molecule has 0 radical (unpaired) electrons. The third kappa shape index (κ3) is 5.80. The number of benzene rings is 2.